The van der Waals surface area contributed by atoms with Crippen LogP contribution in [-0.2, 0) is 6.42 Å². The van der Waals surface area contributed by atoms with Gasteiger partial charge in [0.2, 0.25) is 0 Å². The second-order valence-corrected chi connectivity index (χ2v) is 7.09. The average Bonchev–Trinajstić information content (AvgIpc) is 2.84. The third kappa shape index (κ3) is 2.99. The van der Waals surface area contributed by atoms with E-state index in [0.717, 1.165) is 21.3 Å². The zero-order valence-corrected chi connectivity index (χ0v) is 13.6. The van der Waals surface area contributed by atoms with Gasteiger partial charge in [0, 0.05) is 22.9 Å². The van der Waals surface area contributed by atoms with E-state index in [2.05, 4.69) is 20.9 Å². The summed E-state index contributed by atoms with van der Waals surface area (Å²) in [6.07, 6.45) is 0.571. The summed E-state index contributed by atoms with van der Waals surface area (Å²) in [5.74, 6) is -1.04. The highest BCUT2D eigenvalue weighted by Crippen LogP contribution is 2.33. The van der Waals surface area contributed by atoms with Gasteiger partial charge in [-0.2, -0.15) is 0 Å². The Morgan fingerprint density at radius 1 is 1.19 bits per heavy atom. The van der Waals surface area contributed by atoms with E-state index in [-0.39, 0.29) is 4.83 Å². The number of benzene rings is 2. The maximum absolute atomic E-state index is 13.9. The van der Waals surface area contributed by atoms with Crippen LogP contribution in [0.4, 0.5) is 8.78 Å². The Morgan fingerprint density at radius 2 is 1.95 bits per heavy atom. The molecule has 0 aliphatic rings. The molecule has 0 fully saturated rings. The lowest BCUT2D eigenvalue weighted by atomic mass is 10.1. The summed E-state index contributed by atoms with van der Waals surface area (Å²) < 4.78 is 28.3. The fraction of sp³-hybridized carbons (Fsp3) is 0.188. The van der Waals surface area contributed by atoms with E-state index in [1.165, 1.54) is 0 Å². The molecular formula is C16H12BrF2NS. The quantitative estimate of drug-likeness (QED) is 0.552. The molecule has 0 N–H and O–H groups in total. The molecule has 3 rings (SSSR count). The van der Waals surface area contributed by atoms with Crippen LogP contribution >= 0.6 is 27.3 Å². The number of hydrogen-bond acceptors (Lipinski definition) is 2. The van der Waals surface area contributed by atoms with Crippen molar-refractivity contribution in [3.8, 4) is 0 Å². The van der Waals surface area contributed by atoms with Crippen LogP contribution in [0.5, 0.6) is 0 Å². The van der Waals surface area contributed by atoms with Gasteiger partial charge in [0.25, 0.3) is 0 Å². The molecule has 2 aromatic carbocycles. The molecule has 0 saturated carbocycles. The highest BCUT2D eigenvalue weighted by molar-refractivity contribution is 9.09. The second kappa shape index (κ2) is 5.81. The number of alkyl halides is 1. The Morgan fingerprint density at radius 3 is 2.71 bits per heavy atom. The Kier molecular flexibility index (Phi) is 4.04. The lowest BCUT2D eigenvalue weighted by Crippen LogP contribution is -2.00. The minimum Gasteiger partial charge on any atom is -0.241 e. The third-order valence-corrected chi connectivity index (χ3v) is 5.18. The first-order chi connectivity index (χ1) is 10.0. The molecule has 3 aromatic rings. The number of hydrogen-bond donors (Lipinski definition) is 0. The Hall–Kier alpha value is -1.33. The van der Waals surface area contributed by atoms with Crippen molar-refractivity contribution in [2.24, 2.45) is 0 Å². The predicted octanol–water partition coefficient (Wildman–Crippen LogP) is 5.56. The zero-order valence-electron chi connectivity index (χ0n) is 11.2. The van der Waals surface area contributed by atoms with Gasteiger partial charge in [-0.3, -0.25) is 0 Å². The molecule has 0 radical (unpaired) electrons. The van der Waals surface area contributed by atoms with Crippen LogP contribution in [0.3, 0.4) is 0 Å². The Bertz CT molecular complexity index is 767. The molecule has 0 amide bonds. The molecule has 0 bridgehead atoms. The standard InChI is InChI=1S/C16H12BrF2NS/c1-9-6-10(13(19)8-12(9)18)11(17)7-16-20-14-4-2-3-5-15(14)21-16/h2-6,8,11H,7H2,1H3. The van der Waals surface area contributed by atoms with Gasteiger partial charge in [-0.25, -0.2) is 13.8 Å². The lowest BCUT2D eigenvalue weighted by molar-refractivity contribution is 0.565. The molecule has 21 heavy (non-hydrogen) atoms. The highest BCUT2D eigenvalue weighted by atomic mass is 79.9. The molecule has 1 aromatic heterocycles. The van der Waals surface area contributed by atoms with E-state index in [1.54, 1.807) is 24.3 Å². The van der Waals surface area contributed by atoms with Gasteiger partial charge in [-0.05, 0) is 30.7 Å². The van der Waals surface area contributed by atoms with E-state index in [4.69, 9.17) is 0 Å². The van der Waals surface area contributed by atoms with Crippen molar-refractivity contribution in [2.45, 2.75) is 18.2 Å². The average molecular weight is 368 g/mol. The van der Waals surface area contributed by atoms with Gasteiger partial charge in [-0.1, -0.05) is 28.1 Å². The van der Waals surface area contributed by atoms with E-state index in [1.807, 2.05) is 24.3 Å². The van der Waals surface area contributed by atoms with Crippen LogP contribution in [0.25, 0.3) is 10.2 Å². The molecule has 1 nitrogen and oxygen atoms in total. The lowest BCUT2D eigenvalue weighted by Gasteiger charge is -2.11. The molecule has 1 heterocycles. The largest absolute Gasteiger partial charge is 0.241 e. The van der Waals surface area contributed by atoms with Crippen LogP contribution < -0.4 is 0 Å². The number of halogens is 3. The first-order valence-corrected chi connectivity index (χ1v) is 8.22. The Labute approximate surface area is 133 Å². The molecular weight excluding hydrogens is 356 g/mol. The molecule has 0 spiro atoms. The van der Waals surface area contributed by atoms with Gasteiger partial charge in [0.05, 0.1) is 15.2 Å². The van der Waals surface area contributed by atoms with E-state index < -0.39 is 11.6 Å². The van der Waals surface area contributed by atoms with Crippen LogP contribution in [0.2, 0.25) is 0 Å². The van der Waals surface area contributed by atoms with Crippen LogP contribution in [0, 0.1) is 18.6 Å². The van der Waals surface area contributed by atoms with Crippen molar-refractivity contribution in [3.05, 3.63) is 64.2 Å². The van der Waals surface area contributed by atoms with Gasteiger partial charge in [0.15, 0.2) is 0 Å². The van der Waals surface area contributed by atoms with Gasteiger partial charge >= 0.3 is 0 Å². The number of nitrogens with zero attached hydrogens (tertiary/aromatic N) is 1. The fourth-order valence-corrected chi connectivity index (χ4v) is 4.07. The monoisotopic (exact) mass is 367 g/mol. The number of para-hydroxylation sites is 1. The van der Waals surface area contributed by atoms with Crippen molar-refractivity contribution < 1.29 is 8.78 Å². The zero-order chi connectivity index (χ0) is 15.0. The normalized spacial score (nSPS) is 12.8. The summed E-state index contributed by atoms with van der Waals surface area (Å²) in [6.45, 7) is 1.63. The number of thiazole rings is 1. The third-order valence-electron chi connectivity index (χ3n) is 3.31. The summed E-state index contributed by atoms with van der Waals surface area (Å²) >= 11 is 5.09. The van der Waals surface area contributed by atoms with Gasteiger partial charge in [-0.15, -0.1) is 11.3 Å². The van der Waals surface area contributed by atoms with E-state index in [9.17, 15) is 8.78 Å². The summed E-state index contributed by atoms with van der Waals surface area (Å²) in [4.78, 5) is 4.32. The molecule has 1 atom stereocenters. The van der Waals surface area contributed by atoms with Gasteiger partial charge < -0.3 is 0 Å². The van der Waals surface area contributed by atoms with Crippen LogP contribution in [0.15, 0.2) is 36.4 Å². The van der Waals surface area contributed by atoms with E-state index in [0.29, 0.717) is 17.5 Å². The highest BCUT2D eigenvalue weighted by Gasteiger charge is 2.17. The van der Waals surface area contributed by atoms with Crippen molar-refractivity contribution in [1.82, 2.24) is 4.98 Å². The van der Waals surface area contributed by atoms with Crippen molar-refractivity contribution in [3.63, 3.8) is 0 Å². The Balaban J connectivity index is 1.89. The number of aryl methyl sites for hydroxylation is 1. The number of fused-ring (bicyclic) bond motifs is 1. The first-order valence-electron chi connectivity index (χ1n) is 6.48. The van der Waals surface area contributed by atoms with Crippen molar-refractivity contribution in [1.29, 1.82) is 0 Å². The maximum Gasteiger partial charge on any atom is 0.130 e. The fourth-order valence-electron chi connectivity index (χ4n) is 2.19. The molecule has 108 valence electrons. The summed E-state index contributed by atoms with van der Waals surface area (Å²) in [5, 5.41) is 0.930. The first kappa shape index (κ1) is 14.6. The maximum atomic E-state index is 13.9. The number of aromatic nitrogens is 1. The minimum atomic E-state index is -0.527. The smallest absolute Gasteiger partial charge is 0.130 e. The SMILES string of the molecule is Cc1cc(C(Br)Cc2nc3ccccc3s2)c(F)cc1F. The molecule has 0 aliphatic carbocycles. The van der Waals surface area contributed by atoms with Crippen LogP contribution in [-0.4, -0.2) is 4.98 Å². The van der Waals surface area contributed by atoms with E-state index >= 15 is 0 Å². The van der Waals surface area contributed by atoms with Crippen molar-refractivity contribution in [2.75, 3.05) is 0 Å². The molecule has 0 saturated heterocycles. The topological polar surface area (TPSA) is 12.9 Å². The minimum absolute atomic E-state index is 0.225. The summed E-state index contributed by atoms with van der Waals surface area (Å²) in [6, 6.07) is 10.4. The summed E-state index contributed by atoms with van der Waals surface area (Å²) in [7, 11) is 0. The van der Waals surface area contributed by atoms with Gasteiger partial charge in [0.1, 0.15) is 11.6 Å². The molecule has 1 unspecified atom stereocenters. The van der Waals surface area contributed by atoms with Crippen LogP contribution in [0.1, 0.15) is 21.0 Å². The van der Waals surface area contributed by atoms with Crippen molar-refractivity contribution >= 4 is 37.5 Å². The number of rotatable bonds is 3. The molecule has 0 aliphatic heterocycles. The second-order valence-electron chi connectivity index (χ2n) is 4.87. The molecule has 5 heteroatoms. The summed E-state index contributed by atoms with van der Waals surface area (Å²) in [5.41, 5.74) is 1.86. The predicted molar refractivity (Wildman–Crippen MR) is 86.1 cm³/mol.